The van der Waals surface area contributed by atoms with Crippen LogP contribution in [0.5, 0.6) is 0 Å². The van der Waals surface area contributed by atoms with Crippen LogP contribution in [0.3, 0.4) is 0 Å². The fourth-order valence-corrected chi connectivity index (χ4v) is 1.70. The number of thiol groups is 1. The van der Waals surface area contributed by atoms with Gasteiger partial charge in [-0.25, -0.2) is 0 Å². The fraction of sp³-hybridized carbons (Fsp3) is 0. The highest BCUT2D eigenvalue weighted by Gasteiger charge is 2.04. The Balaban J connectivity index is 2.66. The maximum atomic E-state index is 11.5. The van der Waals surface area contributed by atoms with Gasteiger partial charge in [-0.15, -0.1) is 12.6 Å². The van der Waals surface area contributed by atoms with Crippen LogP contribution >= 0.6 is 24.2 Å². The first-order chi connectivity index (χ1) is 7.68. The van der Waals surface area contributed by atoms with E-state index >= 15 is 0 Å². The molecule has 16 heavy (non-hydrogen) atoms. The molecule has 4 heteroatoms. The molecule has 2 rings (SSSR count). The van der Waals surface area contributed by atoms with E-state index in [0.29, 0.717) is 21.2 Å². The van der Waals surface area contributed by atoms with Crippen molar-refractivity contribution in [3.63, 3.8) is 0 Å². The second kappa shape index (κ2) is 4.68. The first-order valence-corrected chi connectivity index (χ1v) is 5.45. The Kier molecular flexibility index (Phi) is 3.27. The predicted molar refractivity (Wildman–Crippen MR) is 68.2 cm³/mol. The summed E-state index contributed by atoms with van der Waals surface area (Å²) in [4.78, 5) is 16.1. The third-order valence-corrected chi connectivity index (χ3v) is 2.80. The number of hydrogen-bond donors (Lipinski definition) is 1. The lowest BCUT2D eigenvalue weighted by atomic mass is 10.2. The molecule has 1 aromatic heterocycles. The lowest BCUT2D eigenvalue weighted by molar-refractivity contribution is 1.29. The Morgan fingerprint density at radius 3 is 2.56 bits per heavy atom. The molecule has 0 saturated heterocycles. The van der Waals surface area contributed by atoms with E-state index < -0.39 is 0 Å². The summed E-state index contributed by atoms with van der Waals surface area (Å²) in [6.07, 6.45) is 1.54. The van der Waals surface area contributed by atoms with Crippen LogP contribution in [0, 0.1) is 0 Å². The van der Waals surface area contributed by atoms with Crippen LogP contribution in [0.4, 0.5) is 0 Å². The van der Waals surface area contributed by atoms with Crippen LogP contribution in [0.15, 0.2) is 52.3 Å². The van der Waals surface area contributed by atoms with Crippen molar-refractivity contribution in [1.29, 1.82) is 0 Å². The molecule has 0 spiro atoms. The number of nitrogens with zero attached hydrogens (tertiary/aromatic N) is 1. The molecular formula is C12H8ClNOS. The highest BCUT2D eigenvalue weighted by molar-refractivity contribution is 7.80. The summed E-state index contributed by atoms with van der Waals surface area (Å²) in [7, 11) is 0. The first kappa shape index (κ1) is 11.2. The van der Waals surface area contributed by atoms with Gasteiger partial charge in [0.2, 0.25) is 0 Å². The topological polar surface area (TPSA) is 30.0 Å². The Morgan fingerprint density at radius 1 is 1.12 bits per heavy atom. The van der Waals surface area contributed by atoms with Gasteiger partial charge in [-0.1, -0.05) is 29.8 Å². The van der Waals surface area contributed by atoms with E-state index in [4.69, 9.17) is 11.6 Å². The molecule has 2 aromatic rings. The molecule has 80 valence electrons. The average molecular weight is 250 g/mol. The van der Waals surface area contributed by atoms with E-state index in [1.54, 1.807) is 36.5 Å². The molecule has 0 unspecified atom stereocenters. The molecule has 0 saturated carbocycles. The maximum Gasteiger partial charge on any atom is 0.192 e. The minimum Gasteiger partial charge on any atom is -0.289 e. The molecule has 2 nitrogen and oxygen atoms in total. The van der Waals surface area contributed by atoms with Crippen molar-refractivity contribution in [2.75, 3.05) is 0 Å². The zero-order valence-electron chi connectivity index (χ0n) is 8.22. The van der Waals surface area contributed by atoms with Crippen molar-refractivity contribution >= 4 is 24.2 Å². The van der Waals surface area contributed by atoms with E-state index in [9.17, 15) is 4.79 Å². The molecule has 0 N–H and O–H groups in total. The van der Waals surface area contributed by atoms with Crippen LogP contribution in [0.1, 0.15) is 0 Å². The van der Waals surface area contributed by atoms with Crippen LogP contribution in [0.25, 0.3) is 11.3 Å². The molecule has 0 aliphatic heterocycles. The molecular weight excluding hydrogens is 242 g/mol. The first-order valence-electron chi connectivity index (χ1n) is 4.63. The number of pyridine rings is 1. The molecule has 0 amide bonds. The Labute approximate surface area is 103 Å². The normalized spacial score (nSPS) is 10.1. The van der Waals surface area contributed by atoms with Crippen molar-refractivity contribution in [1.82, 2.24) is 4.98 Å². The van der Waals surface area contributed by atoms with Crippen LogP contribution in [0.2, 0.25) is 5.02 Å². The van der Waals surface area contributed by atoms with Crippen molar-refractivity contribution in [2.24, 2.45) is 0 Å². The van der Waals surface area contributed by atoms with Crippen molar-refractivity contribution < 1.29 is 0 Å². The second-order valence-corrected chi connectivity index (χ2v) is 4.09. The lowest BCUT2D eigenvalue weighted by Crippen LogP contribution is -1.97. The Hall–Kier alpha value is -1.32. The van der Waals surface area contributed by atoms with Gasteiger partial charge in [-0.3, -0.25) is 9.78 Å². The van der Waals surface area contributed by atoms with E-state index in [-0.39, 0.29) is 5.43 Å². The summed E-state index contributed by atoms with van der Waals surface area (Å²) in [6.45, 7) is 0. The number of rotatable bonds is 1. The van der Waals surface area contributed by atoms with Crippen molar-refractivity contribution in [3.05, 3.63) is 57.8 Å². The minimum atomic E-state index is -0.125. The smallest absolute Gasteiger partial charge is 0.192 e. The Morgan fingerprint density at radius 2 is 1.88 bits per heavy atom. The van der Waals surface area contributed by atoms with Gasteiger partial charge < -0.3 is 0 Å². The summed E-state index contributed by atoms with van der Waals surface area (Å²) >= 11 is 9.96. The maximum absolute atomic E-state index is 11.5. The zero-order valence-corrected chi connectivity index (χ0v) is 9.87. The van der Waals surface area contributed by atoms with Gasteiger partial charge in [0.05, 0.1) is 15.6 Å². The summed E-state index contributed by atoms with van der Waals surface area (Å²) < 4.78 is 0. The average Bonchev–Trinajstić information content (AvgIpc) is 2.44. The highest BCUT2D eigenvalue weighted by atomic mass is 35.5. The standard InChI is InChI=1S/C12H8ClNOS/c13-8-5-6-10(14-7-8)9-3-1-2-4-11(15)12(9)16/h1-7H,(H,15,16). The van der Waals surface area contributed by atoms with Gasteiger partial charge in [-0.2, -0.15) is 0 Å². The van der Waals surface area contributed by atoms with Gasteiger partial charge >= 0.3 is 0 Å². The summed E-state index contributed by atoms with van der Waals surface area (Å²) in [6, 6.07) is 10.2. The molecule has 0 radical (unpaired) electrons. The molecule has 0 atom stereocenters. The van der Waals surface area contributed by atoms with Gasteiger partial charge in [0.1, 0.15) is 0 Å². The lowest BCUT2D eigenvalue weighted by Gasteiger charge is -2.00. The minimum absolute atomic E-state index is 0.125. The quantitative estimate of drug-likeness (QED) is 0.788. The third-order valence-electron chi connectivity index (χ3n) is 2.11. The number of halogens is 1. The highest BCUT2D eigenvalue weighted by Crippen LogP contribution is 2.22. The van der Waals surface area contributed by atoms with Crippen molar-refractivity contribution in [3.8, 4) is 11.3 Å². The molecule has 0 aliphatic carbocycles. The van der Waals surface area contributed by atoms with E-state index in [2.05, 4.69) is 17.6 Å². The fourth-order valence-electron chi connectivity index (χ4n) is 1.33. The largest absolute Gasteiger partial charge is 0.289 e. The van der Waals surface area contributed by atoms with E-state index in [1.807, 2.05) is 0 Å². The SMILES string of the molecule is O=c1ccccc(-c2ccc(Cl)cn2)c1S. The Bertz CT molecular complexity index is 569. The molecule has 0 bridgehead atoms. The predicted octanol–water partition coefficient (Wildman–Crippen LogP) is 3.05. The molecule has 1 heterocycles. The van der Waals surface area contributed by atoms with Crippen LogP contribution in [-0.2, 0) is 0 Å². The molecule has 1 aromatic carbocycles. The van der Waals surface area contributed by atoms with Gasteiger partial charge in [0.15, 0.2) is 5.43 Å². The van der Waals surface area contributed by atoms with Crippen molar-refractivity contribution in [2.45, 2.75) is 4.90 Å². The van der Waals surface area contributed by atoms with Gasteiger partial charge in [-0.05, 0) is 18.2 Å². The second-order valence-electron chi connectivity index (χ2n) is 3.21. The third kappa shape index (κ3) is 2.26. The van der Waals surface area contributed by atoms with E-state index in [0.717, 1.165) is 0 Å². The van der Waals surface area contributed by atoms with Crippen LogP contribution in [-0.4, -0.2) is 4.98 Å². The molecule has 0 aliphatic rings. The summed E-state index contributed by atoms with van der Waals surface area (Å²) in [5.74, 6) is 0. The summed E-state index contributed by atoms with van der Waals surface area (Å²) in [5.41, 5.74) is 1.26. The monoisotopic (exact) mass is 249 g/mol. The van der Waals surface area contributed by atoms with E-state index in [1.165, 1.54) is 6.07 Å². The zero-order chi connectivity index (χ0) is 11.5. The number of aromatic nitrogens is 1. The summed E-state index contributed by atoms with van der Waals surface area (Å²) in [5, 5.41) is 0.562. The van der Waals surface area contributed by atoms with Crippen LogP contribution < -0.4 is 5.43 Å². The van der Waals surface area contributed by atoms with Gasteiger partial charge in [0, 0.05) is 11.8 Å². The molecule has 0 fully saturated rings. The number of hydrogen-bond acceptors (Lipinski definition) is 3. The van der Waals surface area contributed by atoms with Gasteiger partial charge in [0.25, 0.3) is 0 Å².